The number of fused-ring (bicyclic) bond motifs is 2. The van der Waals surface area contributed by atoms with Crippen LogP contribution in [0.15, 0.2) is 54.6 Å². The van der Waals surface area contributed by atoms with E-state index in [2.05, 4.69) is 32.3 Å². The minimum atomic E-state index is -5.26. The number of alkyl halides is 8. The van der Waals surface area contributed by atoms with E-state index in [-0.39, 0.29) is 30.5 Å². The maximum absolute atomic E-state index is 15.5. The van der Waals surface area contributed by atoms with Crippen molar-refractivity contribution in [1.29, 1.82) is 0 Å². The van der Waals surface area contributed by atoms with E-state index in [4.69, 9.17) is 25.8 Å². The van der Waals surface area contributed by atoms with Crippen LogP contribution in [0, 0.1) is 23.5 Å². The molecule has 6 rings (SSSR count). The Kier molecular flexibility index (Phi) is 17.6. The van der Waals surface area contributed by atoms with Crippen molar-refractivity contribution >= 4 is 73.5 Å². The highest BCUT2D eigenvalue weighted by molar-refractivity contribution is 7.93. The van der Waals surface area contributed by atoms with Crippen molar-refractivity contribution in [3.8, 4) is 23.0 Å². The standard InChI is InChI=1S/C49H46ClF10N7O10S2/c1-25-21-47(53,54)42-37(25)41(49(58,59)60)63-65(42)22-34(68)62-33(19-26-17-27(51)20-28(52)18-26)39-30(10-9-29(61-39)15-16-46(5,6)78(7)72)31-11-12-32(50)38-40(31)66(23-48(55,56)57)64-43(38)67(79(8,73)74)44(71)76-24-75-35(69)13-14-36(70)77-45(2,3)4/h9-14,17-18,20,25,33H,19,21-24H2,1-8H3,(H,62,68)/b14-13+/t25-,33?,78?/m0/s1. The van der Waals surface area contributed by atoms with E-state index < -0.39 is 180 Å². The Morgan fingerprint density at radius 3 is 2.15 bits per heavy atom. The first-order chi connectivity index (χ1) is 36.3. The van der Waals surface area contributed by atoms with E-state index >= 15 is 8.78 Å². The number of pyridine rings is 1. The molecule has 2 unspecified atom stereocenters. The minimum absolute atomic E-state index is 0.158. The SMILES string of the molecule is C[C@H]1CC(F)(F)c2c1c(C(F)(F)F)nn2CC(=O)NC(Cc1cc(F)cc(F)c1)c1nc(C#CC(C)(C)[S+](C)[O-])ccc1-c1ccc(Cl)c2c(N(C(=O)OCOC(=O)/C=C/C(=O)OC(C)(C)C)S(C)(=O)=O)nn(CC(F)(F)F)c12. The third kappa shape index (κ3) is 14.9. The number of anilines is 1. The van der Waals surface area contributed by atoms with Gasteiger partial charge < -0.3 is 24.1 Å². The monoisotopic (exact) mass is 1180 g/mol. The molecule has 1 aliphatic rings. The summed E-state index contributed by atoms with van der Waals surface area (Å²) >= 11 is 5.01. The molecule has 79 heavy (non-hydrogen) atoms. The number of nitrogens with zero attached hydrogens (tertiary/aromatic N) is 6. The second kappa shape index (κ2) is 22.7. The van der Waals surface area contributed by atoms with E-state index in [1.165, 1.54) is 46.9 Å². The number of ether oxygens (including phenoxy) is 3. The van der Waals surface area contributed by atoms with Crippen LogP contribution in [0.4, 0.5) is 54.5 Å². The van der Waals surface area contributed by atoms with E-state index in [1.54, 1.807) is 0 Å². The van der Waals surface area contributed by atoms with Crippen LogP contribution in [0.2, 0.25) is 5.02 Å². The minimum Gasteiger partial charge on any atom is -0.615 e. The Labute approximate surface area is 451 Å². The van der Waals surface area contributed by atoms with Gasteiger partial charge in [0.15, 0.2) is 16.3 Å². The van der Waals surface area contributed by atoms with Crippen LogP contribution in [-0.4, -0.2) is 97.3 Å². The van der Waals surface area contributed by atoms with Gasteiger partial charge in [0.1, 0.15) is 41.7 Å². The number of sulfonamides is 1. The van der Waals surface area contributed by atoms with E-state index in [9.17, 15) is 67.3 Å². The van der Waals surface area contributed by atoms with Crippen LogP contribution in [-0.2, 0) is 81.4 Å². The van der Waals surface area contributed by atoms with Gasteiger partial charge in [-0.2, -0.15) is 49.6 Å². The van der Waals surface area contributed by atoms with Gasteiger partial charge in [-0.1, -0.05) is 24.6 Å². The summed E-state index contributed by atoms with van der Waals surface area (Å²) in [7, 11) is -5.02. The largest absolute Gasteiger partial charge is 0.615 e. The highest BCUT2D eigenvalue weighted by Crippen LogP contribution is 2.52. The summed E-state index contributed by atoms with van der Waals surface area (Å²) in [5.41, 5.74) is -7.12. The molecule has 0 saturated carbocycles. The molecule has 1 N–H and O–H groups in total. The Hall–Kier alpha value is -6.90. The fraction of sp³-hybridized carbons (Fsp3) is 0.408. The molecule has 30 heteroatoms. The quantitative estimate of drug-likeness (QED) is 0.0258. The molecular weight excluding hydrogens is 1140 g/mol. The molecule has 2 amide bonds. The normalized spacial score (nSPS) is 15.5. The average molecular weight is 1180 g/mol. The fourth-order valence-electron chi connectivity index (χ4n) is 8.12. The van der Waals surface area contributed by atoms with Crippen molar-refractivity contribution in [2.75, 3.05) is 23.6 Å². The number of esters is 2. The molecule has 0 bridgehead atoms. The fourth-order valence-corrected chi connectivity index (χ4v) is 9.31. The molecule has 3 aromatic heterocycles. The van der Waals surface area contributed by atoms with Crippen LogP contribution < -0.4 is 9.62 Å². The van der Waals surface area contributed by atoms with Gasteiger partial charge in [-0.05, 0) is 106 Å². The Bertz CT molecular complexity index is 3420. The van der Waals surface area contributed by atoms with E-state index in [1.807, 2.05) is 0 Å². The zero-order chi connectivity index (χ0) is 59.1. The predicted octanol–water partition coefficient (Wildman–Crippen LogP) is 9.32. The summed E-state index contributed by atoms with van der Waals surface area (Å²) in [4.78, 5) is 56.7. The summed E-state index contributed by atoms with van der Waals surface area (Å²) in [5, 5.41) is 8.36. The number of hydrogen-bond acceptors (Lipinski definition) is 13. The third-order valence-electron chi connectivity index (χ3n) is 11.4. The van der Waals surface area contributed by atoms with Gasteiger partial charge in [-0.3, -0.25) is 14.2 Å². The summed E-state index contributed by atoms with van der Waals surface area (Å²) < 4.78 is 200. The maximum Gasteiger partial charge on any atom is 0.435 e. The molecule has 0 saturated heterocycles. The first-order valence-electron chi connectivity index (χ1n) is 23.0. The lowest BCUT2D eigenvalue weighted by Crippen LogP contribution is -2.37. The van der Waals surface area contributed by atoms with Crippen molar-refractivity contribution in [2.24, 2.45) is 0 Å². The Balaban J connectivity index is 1.56. The van der Waals surface area contributed by atoms with Gasteiger partial charge in [-0.25, -0.2) is 36.6 Å². The lowest BCUT2D eigenvalue weighted by Gasteiger charge is -2.23. The predicted molar refractivity (Wildman–Crippen MR) is 264 cm³/mol. The zero-order valence-corrected chi connectivity index (χ0v) is 45.0. The summed E-state index contributed by atoms with van der Waals surface area (Å²) in [6, 6.07) is 4.70. The molecule has 0 radical (unpaired) electrons. The van der Waals surface area contributed by atoms with Crippen molar-refractivity contribution in [3.05, 3.63) is 105 Å². The molecule has 0 fully saturated rings. The van der Waals surface area contributed by atoms with Gasteiger partial charge in [0.2, 0.25) is 22.7 Å². The molecule has 0 aliphatic heterocycles. The first kappa shape index (κ1) is 61.3. The summed E-state index contributed by atoms with van der Waals surface area (Å²) in [6.45, 7) is 3.94. The number of rotatable bonds is 15. The highest BCUT2D eigenvalue weighted by Gasteiger charge is 2.53. The van der Waals surface area contributed by atoms with Crippen LogP contribution in [0.25, 0.3) is 22.0 Å². The number of benzene rings is 2. The molecule has 1 aliphatic carbocycles. The van der Waals surface area contributed by atoms with Crippen molar-refractivity contribution < 1.29 is 90.3 Å². The zero-order valence-electron chi connectivity index (χ0n) is 42.6. The highest BCUT2D eigenvalue weighted by atomic mass is 35.5. The maximum atomic E-state index is 15.5. The van der Waals surface area contributed by atoms with E-state index in [0.717, 1.165) is 37.3 Å². The number of carbonyl (C=O) groups excluding carboxylic acids is 4. The third-order valence-corrected chi connectivity index (χ3v) is 14.2. The van der Waals surface area contributed by atoms with Crippen LogP contribution in [0.3, 0.4) is 0 Å². The topological polar surface area (TPSA) is 217 Å². The number of amides is 2. The van der Waals surface area contributed by atoms with Crippen molar-refractivity contribution in [1.82, 2.24) is 29.9 Å². The van der Waals surface area contributed by atoms with Gasteiger partial charge in [0.05, 0.1) is 40.2 Å². The first-order valence-corrected chi connectivity index (χ1v) is 26.7. The van der Waals surface area contributed by atoms with Crippen molar-refractivity contribution in [2.45, 2.75) is 108 Å². The number of halogens is 11. The summed E-state index contributed by atoms with van der Waals surface area (Å²) in [5.74, 6) is -6.93. The second-order valence-corrected chi connectivity index (χ2v) is 23.5. The summed E-state index contributed by atoms with van der Waals surface area (Å²) in [6.07, 6.45) is -11.2. The Morgan fingerprint density at radius 2 is 1.57 bits per heavy atom. The lowest BCUT2D eigenvalue weighted by atomic mass is 9.93. The molecule has 426 valence electrons. The number of hydrogen-bond donors (Lipinski definition) is 1. The van der Waals surface area contributed by atoms with Gasteiger partial charge >= 0.3 is 30.4 Å². The molecule has 17 nitrogen and oxygen atoms in total. The Morgan fingerprint density at radius 1 is 0.949 bits per heavy atom. The van der Waals surface area contributed by atoms with Crippen LogP contribution in [0.1, 0.15) is 93.8 Å². The molecule has 3 heterocycles. The number of aromatic nitrogens is 5. The molecule has 0 spiro atoms. The molecule has 5 aromatic rings. The number of nitrogens with one attached hydrogen (secondary N) is 1. The van der Waals surface area contributed by atoms with Gasteiger partial charge in [0, 0.05) is 41.3 Å². The van der Waals surface area contributed by atoms with Crippen LogP contribution in [0.5, 0.6) is 0 Å². The molecule has 2 aromatic carbocycles. The van der Waals surface area contributed by atoms with Gasteiger partial charge in [-0.15, -0.1) is 0 Å². The van der Waals surface area contributed by atoms with E-state index in [0.29, 0.717) is 24.5 Å². The molecular formula is C49H46ClF10N7O10S2. The number of carbonyl (C=O) groups is 4. The molecule has 3 atom stereocenters. The average Bonchev–Trinajstić information content (AvgIpc) is 4.05. The van der Waals surface area contributed by atoms with Crippen molar-refractivity contribution in [3.63, 3.8) is 0 Å². The van der Waals surface area contributed by atoms with Crippen LogP contribution >= 0.6 is 11.6 Å². The van der Waals surface area contributed by atoms with Gasteiger partial charge in [0.25, 0.3) is 5.92 Å². The second-order valence-electron chi connectivity index (χ2n) is 19.3. The lowest BCUT2D eigenvalue weighted by molar-refractivity contribution is -0.150. The smallest absolute Gasteiger partial charge is 0.435 e.